The van der Waals surface area contributed by atoms with E-state index in [1.54, 1.807) is 19.2 Å². The fourth-order valence-electron chi connectivity index (χ4n) is 10.00. The Labute approximate surface area is 245 Å². The number of fused-ring (bicyclic) bond motifs is 5. The Bertz CT molecular complexity index is 1150. The zero-order valence-corrected chi connectivity index (χ0v) is 24.4. The molecular weight excluding hydrogens is 546 g/mol. The van der Waals surface area contributed by atoms with Gasteiger partial charge in [0.2, 0.25) is 0 Å². The summed E-state index contributed by atoms with van der Waals surface area (Å²) >= 11 is 0. The maximum absolute atomic E-state index is 12.5. The van der Waals surface area contributed by atoms with Crippen molar-refractivity contribution in [2.75, 3.05) is 6.61 Å². The number of nitrogens with two attached hydrogens (primary N) is 1. The summed E-state index contributed by atoms with van der Waals surface area (Å²) in [5, 5.41) is 49.5. The van der Waals surface area contributed by atoms with Crippen molar-refractivity contribution in [2.45, 2.75) is 120 Å². The maximum atomic E-state index is 12.5. The molecule has 12 atom stereocenters. The number of aliphatic hydroxyl groups is 4. The molecule has 234 valence electrons. The fourth-order valence-corrected chi connectivity index (χ4v) is 10.00. The van der Waals surface area contributed by atoms with Gasteiger partial charge in [0.05, 0.1) is 29.5 Å². The van der Waals surface area contributed by atoms with Crippen LogP contribution in [-0.4, -0.2) is 87.2 Å². The first kappa shape index (κ1) is 30.0. The molecule has 0 aromatic heterocycles. The van der Waals surface area contributed by atoms with Crippen LogP contribution in [0.5, 0.6) is 0 Å². The highest BCUT2D eigenvalue weighted by molar-refractivity contribution is 5.85. The molecule has 12 nitrogen and oxygen atoms in total. The topological polar surface area (TPSA) is 193 Å². The lowest BCUT2D eigenvalue weighted by Crippen LogP contribution is -2.69. The minimum atomic E-state index is -1.23. The molecule has 2 aliphatic heterocycles. The second-order valence-electron chi connectivity index (χ2n) is 13.9. The minimum Gasteiger partial charge on any atom is -0.458 e. The predicted molar refractivity (Wildman–Crippen MR) is 149 cm³/mol. The van der Waals surface area contributed by atoms with Gasteiger partial charge in [0.25, 0.3) is 0 Å². The van der Waals surface area contributed by atoms with Crippen molar-refractivity contribution in [2.24, 2.45) is 39.4 Å². The van der Waals surface area contributed by atoms with E-state index >= 15 is 0 Å². The van der Waals surface area contributed by atoms with Crippen LogP contribution in [0.4, 0.5) is 4.79 Å². The number of amides is 2. The maximum Gasteiger partial charge on any atom is 0.332 e. The first-order valence-electron chi connectivity index (χ1n) is 15.4. The summed E-state index contributed by atoms with van der Waals surface area (Å²) in [4.78, 5) is 23.4. The third kappa shape index (κ3) is 4.52. The Morgan fingerprint density at radius 3 is 2.60 bits per heavy atom. The highest BCUT2D eigenvalue weighted by atomic mass is 16.7. The molecule has 0 radical (unpaired) electrons. The van der Waals surface area contributed by atoms with Gasteiger partial charge in [0.1, 0.15) is 12.7 Å². The van der Waals surface area contributed by atoms with Crippen LogP contribution in [0.15, 0.2) is 16.8 Å². The van der Waals surface area contributed by atoms with E-state index in [9.17, 15) is 30.0 Å². The molecule has 0 aromatic carbocycles. The molecule has 6 rings (SSSR count). The van der Waals surface area contributed by atoms with Crippen molar-refractivity contribution < 1.29 is 44.2 Å². The number of nitrogens with zero attached hydrogens (tertiary/aromatic N) is 1. The molecule has 42 heavy (non-hydrogen) atoms. The lowest BCUT2D eigenvalue weighted by atomic mass is 9.41. The minimum absolute atomic E-state index is 0.0488. The average Bonchev–Trinajstić information content (AvgIpc) is 3.46. The monoisotopic (exact) mass is 591 g/mol. The van der Waals surface area contributed by atoms with E-state index in [0.717, 1.165) is 18.4 Å². The second-order valence-corrected chi connectivity index (χ2v) is 13.9. The first-order valence-corrected chi connectivity index (χ1v) is 15.4. The van der Waals surface area contributed by atoms with Gasteiger partial charge in [-0.05, 0) is 81.6 Å². The number of primary amides is 1. The third-order valence-electron chi connectivity index (χ3n) is 12.1. The predicted octanol–water partition coefficient (Wildman–Crippen LogP) is 1.23. The Balaban J connectivity index is 1.27. The van der Waals surface area contributed by atoms with E-state index in [1.807, 2.05) is 0 Å². The number of ether oxygens (including phenoxy) is 3. The van der Waals surface area contributed by atoms with Crippen LogP contribution in [0.3, 0.4) is 0 Å². The van der Waals surface area contributed by atoms with E-state index in [1.165, 1.54) is 0 Å². The number of esters is 1. The summed E-state index contributed by atoms with van der Waals surface area (Å²) in [6, 6.07) is -0.796. The van der Waals surface area contributed by atoms with Crippen molar-refractivity contribution in [3.63, 3.8) is 0 Å². The van der Waals surface area contributed by atoms with Gasteiger partial charge in [0, 0.05) is 36.0 Å². The highest BCUT2D eigenvalue weighted by Crippen LogP contribution is 2.70. The van der Waals surface area contributed by atoms with Gasteiger partial charge in [-0.3, -0.25) is 0 Å². The highest BCUT2D eigenvalue weighted by Gasteiger charge is 2.71. The van der Waals surface area contributed by atoms with Crippen molar-refractivity contribution in [3.05, 3.63) is 11.6 Å². The average molecular weight is 592 g/mol. The van der Waals surface area contributed by atoms with Crippen LogP contribution in [0, 0.1) is 28.6 Å². The van der Waals surface area contributed by atoms with Gasteiger partial charge < -0.3 is 40.4 Å². The van der Waals surface area contributed by atoms with Crippen LogP contribution < -0.4 is 11.2 Å². The lowest BCUT2D eigenvalue weighted by molar-refractivity contribution is -0.282. The van der Waals surface area contributed by atoms with E-state index in [0.29, 0.717) is 44.9 Å². The number of cyclic esters (lactones) is 1. The SMILES string of the molecule is CC1OC(OC2CC[C@]3(/C=N/NC(N)=O)C4CC[C@]5(C)[C@H](C6=CC(=O)OC6)CCC5(O)C4CCC3(O)C2)CC(O)C1O. The van der Waals surface area contributed by atoms with Crippen molar-refractivity contribution in [3.8, 4) is 0 Å². The van der Waals surface area contributed by atoms with E-state index in [-0.39, 0.29) is 42.9 Å². The van der Waals surface area contributed by atoms with Crippen LogP contribution >= 0.6 is 0 Å². The number of hydrazone groups is 1. The number of aliphatic hydroxyl groups excluding tert-OH is 2. The van der Waals surface area contributed by atoms with Crippen molar-refractivity contribution in [1.82, 2.24) is 5.43 Å². The molecule has 2 amide bonds. The summed E-state index contributed by atoms with van der Waals surface area (Å²) in [5.41, 5.74) is 5.09. The molecule has 0 aromatic rings. The number of hydrogen-bond acceptors (Lipinski definition) is 10. The molecule has 12 heteroatoms. The van der Waals surface area contributed by atoms with Crippen LogP contribution in [0.2, 0.25) is 0 Å². The summed E-state index contributed by atoms with van der Waals surface area (Å²) in [6.45, 7) is 4.11. The van der Waals surface area contributed by atoms with Gasteiger partial charge in [-0.1, -0.05) is 6.92 Å². The van der Waals surface area contributed by atoms with Gasteiger partial charge in [-0.15, -0.1) is 0 Å². The normalized spacial score (nSPS) is 50.4. The molecule has 4 saturated carbocycles. The second kappa shape index (κ2) is 10.5. The molecule has 2 heterocycles. The summed E-state index contributed by atoms with van der Waals surface area (Å²) in [6.07, 6.45) is 5.06. The molecule has 0 bridgehead atoms. The Morgan fingerprint density at radius 2 is 1.90 bits per heavy atom. The lowest BCUT2D eigenvalue weighted by Gasteiger charge is -2.66. The molecule has 5 fully saturated rings. The van der Waals surface area contributed by atoms with Gasteiger partial charge >= 0.3 is 12.0 Å². The number of nitrogens with one attached hydrogen (secondary N) is 1. The van der Waals surface area contributed by atoms with Gasteiger partial charge in [-0.2, -0.15) is 5.10 Å². The van der Waals surface area contributed by atoms with Crippen molar-refractivity contribution >= 4 is 18.2 Å². The van der Waals surface area contributed by atoms with Crippen molar-refractivity contribution in [1.29, 1.82) is 0 Å². The van der Waals surface area contributed by atoms with Gasteiger partial charge in [-0.25, -0.2) is 15.0 Å². The number of rotatable bonds is 5. The summed E-state index contributed by atoms with van der Waals surface area (Å²) in [5.74, 6) is -0.495. The molecule has 9 unspecified atom stereocenters. The number of hydrogen-bond donors (Lipinski definition) is 6. The van der Waals surface area contributed by atoms with Crippen LogP contribution in [-0.2, 0) is 19.0 Å². The van der Waals surface area contributed by atoms with Crippen LogP contribution in [0.1, 0.15) is 78.1 Å². The summed E-state index contributed by atoms with van der Waals surface area (Å²) in [7, 11) is 0. The van der Waals surface area contributed by atoms with E-state index < -0.39 is 52.7 Å². The molecular formula is C30H45N3O9. The molecule has 1 saturated heterocycles. The van der Waals surface area contributed by atoms with E-state index in [2.05, 4.69) is 17.5 Å². The standard InChI is InChI=1S/C30H45N3O9/c1-16-25(36)22(34)12-24(41-16)42-18-3-8-28(15-32-33-26(31)37)20-4-7-27(2)19(17-11-23(35)40-14-17)6-10-30(27,39)21(20)5-9-29(28,38)13-18/h11,15-16,18-22,24-25,34,36,38-39H,3-10,12-14H2,1-2H3,(H3,31,33,37)/b32-15+/t16?,18?,19-,20?,21?,22?,24?,25?,27+,28-,29?,30?/m0/s1. The molecule has 7 N–H and O–H groups in total. The number of carbonyl (C=O) groups is 2. The van der Waals surface area contributed by atoms with Gasteiger partial charge in [0.15, 0.2) is 6.29 Å². The Kier molecular flexibility index (Phi) is 7.50. The third-order valence-corrected chi connectivity index (χ3v) is 12.1. The largest absolute Gasteiger partial charge is 0.458 e. The molecule has 6 aliphatic rings. The smallest absolute Gasteiger partial charge is 0.332 e. The zero-order valence-electron chi connectivity index (χ0n) is 24.4. The first-order chi connectivity index (χ1) is 19.8. The quantitative estimate of drug-likeness (QED) is 0.118. The fraction of sp³-hybridized carbons (Fsp3) is 0.833. The number of urea groups is 1. The Morgan fingerprint density at radius 1 is 1.14 bits per heavy atom. The van der Waals surface area contributed by atoms with E-state index in [4.69, 9.17) is 19.9 Å². The molecule has 0 spiro atoms. The summed E-state index contributed by atoms with van der Waals surface area (Å²) < 4.78 is 17.3. The molecule has 4 aliphatic carbocycles. The Hall–Kier alpha value is -2.09. The zero-order chi connectivity index (χ0) is 30.1. The number of carbonyl (C=O) groups excluding carboxylic acids is 2. The van der Waals surface area contributed by atoms with Crippen LogP contribution in [0.25, 0.3) is 0 Å².